The molecule has 2 N–H and O–H groups in total. The standard InChI is InChI=1S/C17H14F4O2.CH5N/c1-22-12-4-5-13(15(9-12)17(19,20)21)14-8-11(18)7-10-3-2-6-23-16(10)14;1-2/h4-5,7-9H,2-3,6H2,1H3;2H2,1H3. The zero-order valence-electron chi connectivity index (χ0n) is 13.9. The van der Waals surface area contributed by atoms with Crippen molar-refractivity contribution in [1.29, 1.82) is 0 Å². The van der Waals surface area contributed by atoms with Crippen molar-refractivity contribution in [2.45, 2.75) is 19.0 Å². The van der Waals surface area contributed by atoms with E-state index in [0.29, 0.717) is 30.8 Å². The van der Waals surface area contributed by atoms with E-state index in [1.165, 1.54) is 32.4 Å². The molecule has 0 unspecified atom stereocenters. The fourth-order valence-corrected chi connectivity index (χ4v) is 2.76. The summed E-state index contributed by atoms with van der Waals surface area (Å²) in [6, 6.07) is 6.02. The van der Waals surface area contributed by atoms with Gasteiger partial charge in [-0.05, 0) is 61.3 Å². The number of fused-ring (bicyclic) bond motifs is 1. The average molecular weight is 357 g/mol. The summed E-state index contributed by atoms with van der Waals surface area (Å²) < 4.78 is 64.4. The first-order valence-corrected chi connectivity index (χ1v) is 7.68. The molecule has 0 aliphatic carbocycles. The number of benzene rings is 2. The number of aryl methyl sites for hydroxylation is 1. The number of ether oxygens (including phenoxy) is 2. The second-order valence-electron chi connectivity index (χ2n) is 5.30. The van der Waals surface area contributed by atoms with Crippen LogP contribution in [-0.2, 0) is 12.6 Å². The molecule has 1 aliphatic heterocycles. The molecule has 0 bridgehead atoms. The van der Waals surface area contributed by atoms with Crippen molar-refractivity contribution in [3.05, 3.63) is 47.3 Å². The van der Waals surface area contributed by atoms with Crippen molar-refractivity contribution < 1.29 is 27.0 Å². The van der Waals surface area contributed by atoms with Gasteiger partial charge in [-0.2, -0.15) is 13.2 Å². The molecule has 1 heterocycles. The van der Waals surface area contributed by atoms with Gasteiger partial charge in [0.05, 0.1) is 19.3 Å². The molecule has 0 atom stereocenters. The smallest absolute Gasteiger partial charge is 0.417 e. The van der Waals surface area contributed by atoms with E-state index in [0.717, 1.165) is 12.1 Å². The molecule has 0 radical (unpaired) electrons. The Hall–Kier alpha value is -2.28. The number of alkyl halides is 3. The van der Waals surface area contributed by atoms with Gasteiger partial charge in [0.1, 0.15) is 17.3 Å². The van der Waals surface area contributed by atoms with Gasteiger partial charge in [0.2, 0.25) is 0 Å². The quantitative estimate of drug-likeness (QED) is 0.809. The van der Waals surface area contributed by atoms with Gasteiger partial charge in [0.15, 0.2) is 0 Å². The van der Waals surface area contributed by atoms with Crippen LogP contribution in [0.15, 0.2) is 30.3 Å². The van der Waals surface area contributed by atoms with E-state index >= 15 is 0 Å². The molecule has 0 saturated carbocycles. The van der Waals surface area contributed by atoms with Gasteiger partial charge in [0.25, 0.3) is 0 Å². The van der Waals surface area contributed by atoms with Crippen LogP contribution in [-0.4, -0.2) is 20.8 Å². The monoisotopic (exact) mass is 357 g/mol. The summed E-state index contributed by atoms with van der Waals surface area (Å²) in [5.41, 5.74) is 4.22. The van der Waals surface area contributed by atoms with Crippen LogP contribution in [0.1, 0.15) is 17.5 Å². The molecule has 3 rings (SSSR count). The van der Waals surface area contributed by atoms with Crippen LogP contribution >= 0.6 is 0 Å². The Labute approximate surface area is 143 Å². The first-order valence-electron chi connectivity index (χ1n) is 7.68. The van der Waals surface area contributed by atoms with Crippen molar-refractivity contribution in [1.82, 2.24) is 0 Å². The summed E-state index contributed by atoms with van der Waals surface area (Å²) in [6.07, 6.45) is -3.29. The predicted octanol–water partition coefficient (Wildman–Crippen LogP) is 4.42. The third-order valence-corrected chi connectivity index (χ3v) is 3.79. The lowest BCUT2D eigenvalue weighted by Crippen LogP contribution is -2.12. The second kappa shape index (κ2) is 7.74. The Bertz CT molecular complexity index is 745. The topological polar surface area (TPSA) is 44.5 Å². The number of hydrogen-bond donors (Lipinski definition) is 1. The van der Waals surface area contributed by atoms with Gasteiger partial charge in [-0.3, -0.25) is 0 Å². The molecule has 0 spiro atoms. The fourth-order valence-electron chi connectivity index (χ4n) is 2.76. The van der Waals surface area contributed by atoms with Crippen LogP contribution in [0.5, 0.6) is 11.5 Å². The average Bonchev–Trinajstić information content (AvgIpc) is 2.61. The van der Waals surface area contributed by atoms with Crippen LogP contribution < -0.4 is 15.2 Å². The highest BCUT2D eigenvalue weighted by Gasteiger charge is 2.35. The van der Waals surface area contributed by atoms with E-state index in [1.54, 1.807) is 0 Å². The molecule has 136 valence electrons. The number of methoxy groups -OCH3 is 1. The van der Waals surface area contributed by atoms with Gasteiger partial charge in [0, 0.05) is 5.56 Å². The Morgan fingerprint density at radius 2 is 1.80 bits per heavy atom. The van der Waals surface area contributed by atoms with Crippen molar-refractivity contribution in [2.75, 3.05) is 20.8 Å². The third-order valence-electron chi connectivity index (χ3n) is 3.79. The molecule has 7 heteroatoms. The van der Waals surface area contributed by atoms with E-state index in [1.807, 2.05) is 0 Å². The van der Waals surface area contributed by atoms with Crippen LogP contribution in [0.2, 0.25) is 0 Å². The van der Waals surface area contributed by atoms with E-state index in [4.69, 9.17) is 9.47 Å². The van der Waals surface area contributed by atoms with Crippen molar-refractivity contribution in [3.63, 3.8) is 0 Å². The SMILES string of the molecule is CN.COc1ccc(-c2cc(F)cc3c2OCCC3)c(C(F)(F)F)c1. The van der Waals surface area contributed by atoms with E-state index < -0.39 is 17.6 Å². The third kappa shape index (κ3) is 4.04. The summed E-state index contributed by atoms with van der Waals surface area (Å²) in [4.78, 5) is 0. The minimum atomic E-state index is -4.59. The Morgan fingerprint density at radius 1 is 1.08 bits per heavy atom. The molecule has 0 saturated heterocycles. The summed E-state index contributed by atoms with van der Waals surface area (Å²) >= 11 is 0. The molecular weight excluding hydrogens is 338 g/mol. The Kier molecular flexibility index (Phi) is 5.89. The summed E-state index contributed by atoms with van der Waals surface area (Å²) in [7, 11) is 2.79. The highest BCUT2D eigenvalue weighted by atomic mass is 19.4. The summed E-state index contributed by atoms with van der Waals surface area (Å²) in [5, 5.41) is 0. The first-order chi connectivity index (χ1) is 11.9. The lowest BCUT2D eigenvalue weighted by Gasteiger charge is -2.22. The number of halogens is 4. The maximum atomic E-state index is 13.9. The van der Waals surface area contributed by atoms with Crippen molar-refractivity contribution >= 4 is 0 Å². The highest BCUT2D eigenvalue weighted by Crippen LogP contribution is 2.44. The van der Waals surface area contributed by atoms with Crippen molar-refractivity contribution in [2.24, 2.45) is 5.73 Å². The lowest BCUT2D eigenvalue weighted by atomic mass is 9.94. The Morgan fingerprint density at radius 3 is 2.44 bits per heavy atom. The fraction of sp³-hybridized carbons (Fsp3) is 0.333. The minimum Gasteiger partial charge on any atom is -0.497 e. The van der Waals surface area contributed by atoms with E-state index in [2.05, 4.69) is 5.73 Å². The van der Waals surface area contributed by atoms with Gasteiger partial charge < -0.3 is 15.2 Å². The maximum Gasteiger partial charge on any atom is 0.417 e. The molecule has 1 aliphatic rings. The highest BCUT2D eigenvalue weighted by molar-refractivity contribution is 5.76. The van der Waals surface area contributed by atoms with Crippen LogP contribution in [0.3, 0.4) is 0 Å². The number of hydrogen-bond acceptors (Lipinski definition) is 3. The van der Waals surface area contributed by atoms with Crippen LogP contribution in [0.25, 0.3) is 11.1 Å². The van der Waals surface area contributed by atoms with Crippen LogP contribution in [0.4, 0.5) is 17.6 Å². The zero-order valence-corrected chi connectivity index (χ0v) is 13.9. The molecule has 2 aromatic rings. The van der Waals surface area contributed by atoms with Gasteiger partial charge in [-0.15, -0.1) is 0 Å². The van der Waals surface area contributed by atoms with Gasteiger partial charge in [-0.25, -0.2) is 4.39 Å². The second-order valence-corrected chi connectivity index (χ2v) is 5.30. The van der Waals surface area contributed by atoms with E-state index in [9.17, 15) is 17.6 Å². The lowest BCUT2D eigenvalue weighted by molar-refractivity contribution is -0.137. The number of nitrogens with two attached hydrogens (primary N) is 1. The maximum absolute atomic E-state index is 13.9. The molecular formula is C18H19F4NO2. The molecule has 0 fully saturated rings. The molecule has 2 aromatic carbocycles. The van der Waals surface area contributed by atoms with Gasteiger partial charge in [-0.1, -0.05) is 0 Å². The minimum absolute atomic E-state index is 0.0901. The Balaban J connectivity index is 0.00000109. The zero-order chi connectivity index (χ0) is 18.6. The first kappa shape index (κ1) is 19.1. The molecule has 0 amide bonds. The molecule has 0 aromatic heterocycles. The molecule has 3 nitrogen and oxygen atoms in total. The summed E-state index contributed by atoms with van der Waals surface area (Å²) in [5.74, 6) is -0.159. The largest absolute Gasteiger partial charge is 0.497 e. The summed E-state index contributed by atoms with van der Waals surface area (Å²) in [6.45, 7) is 0.406. The number of rotatable bonds is 2. The van der Waals surface area contributed by atoms with Crippen molar-refractivity contribution in [3.8, 4) is 22.6 Å². The van der Waals surface area contributed by atoms with E-state index in [-0.39, 0.29) is 16.9 Å². The molecule has 25 heavy (non-hydrogen) atoms. The predicted molar refractivity (Wildman–Crippen MR) is 87.3 cm³/mol. The normalized spacial score (nSPS) is 13.2. The van der Waals surface area contributed by atoms with Crippen LogP contribution in [0, 0.1) is 5.82 Å². The van der Waals surface area contributed by atoms with Gasteiger partial charge >= 0.3 is 6.18 Å².